The minimum absolute atomic E-state index is 0. The molecule has 0 amide bonds. The quantitative estimate of drug-likeness (QED) is 0.863. The first-order chi connectivity index (χ1) is 10.3. The molecule has 1 aliphatic rings. The van der Waals surface area contributed by atoms with E-state index in [2.05, 4.69) is 28.8 Å². The number of nitrogens with one attached hydrogen (secondary N) is 2. The largest absolute Gasteiger partial charge is 0.496 e. The van der Waals surface area contributed by atoms with Crippen LogP contribution in [0.5, 0.6) is 5.75 Å². The van der Waals surface area contributed by atoms with Crippen LogP contribution in [0.4, 0.5) is 5.69 Å². The number of hydrogen-bond donors (Lipinski definition) is 2. The summed E-state index contributed by atoms with van der Waals surface area (Å²) in [6.07, 6.45) is 1.11. The van der Waals surface area contributed by atoms with E-state index in [1.165, 1.54) is 16.8 Å². The molecule has 1 aliphatic heterocycles. The normalized spacial score (nSPS) is 12.3. The van der Waals surface area contributed by atoms with E-state index in [0.29, 0.717) is 6.54 Å². The summed E-state index contributed by atoms with van der Waals surface area (Å²) in [5.41, 5.74) is 5.00. The number of benzene rings is 2. The zero-order chi connectivity index (χ0) is 14.7. The van der Waals surface area contributed by atoms with E-state index in [1.807, 2.05) is 18.2 Å². The van der Waals surface area contributed by atoms with E-state index in [0.717, 1.165) is 35.8 Å². The molecule has 0 atom stereocenters. The van der Waals surface area contributed by atoms with Crippen LogP contribution in [0.1, 0.15) is 16.7 Å². The number of anilines is 1. The van der Waals surface area contributed by atoms with Crippen molar-refractivity contribution in [1.82, 2.24) is 5.32 Å². The van der Waals surface area contributed by atoms with Crippen molar-refractivity contribution in [2.75, 3.05) is 19.0 Å². The molecule has 3 rings (SSSR count). The Hall–Kier alpha value is -1.42. The third-order valence-corrected chi connectivity index (χ3v) is 4.20. The van der Waals surface area contributed by atoms with Crippen molar-refractivity contribution in [1.29, 1.82) is 0 Å². The first-order valence-corrected chi connectivity index (χ1v) is 7.54. The second-order valence-electron chi connectivity index (χ2n) is 5.15. The van der Waals surface area contributed by atoms with Crippen LogP contribution in [0.2, 0.25) is 5.02 Å². The zero-order valence-corrected chi connectivity index (χ0v) is 14.1. The van der Waals surface area contributed by atoms with Gasteiger partial charge in [0.1, 0.15) is 5.75 Å². The summed E-state index contributed by atoms with van der Waals surface area (Å²) in [6.45, 7) is 2.53. The van der Waals surface area contributed by atoms with Crippen molar-refractivity contribution in [3.05, 3.63) is 58.1 Å². The summed E-state index contributed by atoms with van der Waals surface area (Å²) >= 11 is 6.25. The summed E-state index contributed by atoms with van der Waals surface area (Å²) in [7, 11) is 1.67. The van der Waals surface area contributed by atoms with Gasteiger partial charge in [0.15, 0.2) is 0 Å². The van der Waals surface area contributed by atoms with Crippen LogP contribution in [0.3, 0.4) is 0 Å². The van der Waals surface area contributed by atoms with E-state index in [9.17, 15) is 0 Å². The Morgan fingerprint density at radius 2 is 2.00 bits per heavy atom. The van der Waals surface area contributed by atoms with E-state index in [1.54, 1.807) is 7.11 Å². The van der Waals surface area contributed by atoms with E-state index in [-0.39, 0.29) is 12.4 Å². The maximum absolute atomic E-state index is 6.25. The van der Waals surface area contributed by atoms with Gasteiger partial charge < -0.3 is 15.4 Å². The summed E-state index contributed by atoms with van der Waals surface area (Å²) in [5, 5.41) is 7.65. The predicted octanol–water partition coefficient (Wildman–Crippen LogP) is 4.03. The van der Waals surface area contributed by atoms with Crippen LogP contribution in [0, 0.1) is 0 Å². The summed E-state index contributed by atoms with van der Waals surface area (Å²) in [6, 6.07) is 12.2. The maximum Gasteiger partial charge on any atom is 0.124 e. The summed E-state index contributed by atoms with van der Waals surface area (Å²) in [4.78, 5) is 0. The van der Waals surface area contributed by atoms with Gasteiger partial charge >= 0.3 is 0 Å². The number of methoxy groups -OCH3 is 1. The standard InChI is InChI=1S/C17H19ClN2O.ClH/c1-21-16-7-3-6-15(18)14(16)11-19-10-13-5-2-4-12-8-9-20-17(12)13;/h2-7,19-20H,8-11H2,1H3;1H. The lowest BCUT2D eigenvalue weighted by Gasteiger charge is -2.13. The highest BCUT2D eigenvalue weighted by molar-refractivity contribution is 6.31. The second kappa shape index (κ2) is 7.73. The lowest BCUT2D eigenvalue weighted by Crippen LogP contribution is -2.14. The van der Waals surface area contributed by atoms with Crippen LogP contribution < -0.4 is 15.4 Å². The van der Waals surface area contributed by atoms with Crippen molar-refractivity contribution in [3.8, 4) is 5.75 Å². The van der Waals surface area contributed by atoms with E-state index < -0.39 is 0 Å². The SMILES string of the molecule is COc1cccc(Cl)c1CNCc1cccc2c1NCC2.Cl. The molecule has 0 aromatic heterocycles. The smallest absolute Gasteiger partial charge is 0.124 e. The first-order valence-electron chi connectivity index (χ1n) is 7.16. The topological polar surface area (TPSA) is 33.3 Å². The Kier molecular flexibility index (Phi) is 5.95. The molecule has 0 saturated heterocycles. The molecule has 0 bridgehead atoms. The van der Waals surface area contributed by atoms with Crippen LogP contribution in [-0.2, 0) is 19.5 Å². The Balaban J connectivity index is 0.00000176. The van der Waals surface area contributed by atoms with Gasteiger partial charge in [0, 0.05) is 35.9 Å². The van der Waals surface area contributed by atoms with Crippen LogP contribution >= 0.6 is 24.0 Å². The Bertz CT molecular complexity index is 647. The molecule has 22 heavy (non-hydrogen) atoms. The molecule has 1 heterocycles. The molecule has 0 spiro atoms. The minimum Gasteiger partial charge on any atom is -0.496 e. The molecule has 2 aromatic carbocycles. The van der Waals surface area contributed by atoms with Gasteiger partial charge in [-0.2, -0.15) is 0 Å². The summed E-state index contributed by atoms with van der Waals surface area (Å²) < 4.78 is 5.37. The highest BCUT2D eigenvalue weighted by Gasteiger charge is 2.13. The molecular formula is C17H20Cl2N2O. The lowest BCUT2D eigenvalue weighted by molar-refractivity contribution is 0.407. The Morgan fingerprint density at radius 1 is 1.18 bits per heavy atom. The molecule has 5 heteroatoms. The highest BCUT2D eigenvalue weighted by Crippen LogP contribution is 2.28. The molecule has 0 radical (unpaired) electrons. The third-order valence-electron chi connectivity index (χ3n) is 3.85. The number of para-hydroxylation sites is 1. The monoisotopic (exact) mass is 338 g/mol. The minimum atomic E-state index is 0. The van der Waals surface area contributed by atoms with Gasteiger partial charge in [-0.15, -0.1) is 12.4 Å². The third kappa shape index (κ3) is 3.49. The van der Waals surface area contributed by atoms with Gasteiger partial charge in [0.05, 0.1) is 7.11 Å². The van der Waals surface area contributed by atoms with Crippen molar-refractivity contribution >= 4 is 29.7 Å². The fraction of sp³-hybridized carbons (Fsp3) is 0.294. The van der Waals surface area contributed by atoms with Crippen molar-refractivity contribution < 1.29 is 4.74 Å². The molecule has 118 valence electrons. The number of halogens is 2. The average molecular weight is 339 g/mol. The molecule has 0 saturated carbocycles. The Morgan fingerprint density at radius 3 is 2.82 bits per heavy atom. The van der Waals surface area contributed by atoms with Gasteiger partial charge in [-0.3, -0.25) is 0 Å². The predicted molar refractivity (Wildman–Crippen MR) is 94.4 cm³/mol. The zero-order valence-electron chi connectivity index (χ0n) is 12.5. The van der Waals surface area contributed by atoms with Gasteiger partial charge in [-0.1, -0.05) is 35.9 Å². The van der Waals surface area contributed by atoms with Crippen LogP contribution in [-0.4, -0.2) is 13.7 Å². The van der Waals surface area contributed by atoms with Crippen molar-refractivity contribution in [2.24, 2.45) is 0 Å². The number of fused-ring (bicyclic) bond motifs is 1. The summed E-state index contributed by atoms with van der Waals surface area (Å²) in [5.74, 6) is 0.825. The maximum atomic E-state index is 6.25. The molecule has 3 nitrogen and oxygen atoms in total. The van der Waals surface area contributed by atoms with E-state index in [4.69, 9.17) is 16.3 Å². The van der Waals surface area contributed by atoms with Crippen molar-refractivity contribution in [2.45, 2.75) is 19.5 Å². The molecule has 2 aromatic rings. The second-order valence-corrected chi connectivity index (χ2v) is 5.56. The average Bonchev–Trinajstić information content (AvgIpc) is 2.98. The molecule has 0 unspecified atom stereocenters. The van der Waals surface area contributed by atoms with Gasteiger partial charge in [-0.05, 0) is 29.7 Å². The van der Waals surface area contributed by atoms with Crippen molar-refractivity contribution in [3.63, 3.8) is 0 Å². The molecular weight excluding hydrogens is 319 g/mol. The van der Waals surface area contributed by atoms with Gasteiger partial charge in [-0.25, -0.2) is 0 Å². The van der Waals surface area contributed by atoms with Gasteiger partial charge in [0.25, 0.3) is 0 Å². The lowest BCUT2D eigenvalue weighted by atomic mass is 10.1. The fourth-order valence-corrected chi connectivity index (χ4v) is 3.01. The number of ether oxygens (including phenoxy) is 1. The van der Waals surface area contributed by atoms with Crippen LogP contribution in [0.15, 0.2) is 36.4 Å². The van der Waals surface area contributed by atoms with Gasteiger partial charge in [0.2, 0.25) is 0 Å². The molecule has 2 N–H and O–H groups in total. The first kappa shape index (κ1) is 16.9. The van der Waals surface area contributed by atoms with E-state index >= 15 is 0 Å². The number of rotatable bonds is 5. The fourth-order valence-electron chi connectivity index (χ4n) is 2.78. The Labute approximate surface area is 142 Å². The molecule has 0 fully saturated rings. The highest BCUT2D eigenvalue weighted by atomic mass is 35.5. The van der Waals surface area contributed by atoms with Crippen LogP contribution in [0.25, 0.3) is 0 Å². The molecule has 0 aliphatic carbocycles. The number of hydrogen-bond acceptors (Lipinski definition) is 3.